The van der Waals surface area contributed by atoms with Gasteiger partial charge in [-0.1, -0.05) is 30.3 Å². The summed E-state index contributed by atoms with van der Waals surface area (Å²) < 4.78 is 5.25. The quantitative estimate of drug-likeness (QED) is 0.873. The Balaban J connectivity index is 1.74. The van der Waals surface area contributed by atoms with Crippen LogP contribution in [0.1, 0.15) is 18.4 Å². The summed E-state index contributed by atoms with van der Waals surface area (Å²) in [5.74, 6) is -4.50. The number of carbonyl (C=O) groups excluding carboxylic acids is 1. The van der Waals surface area contributed by atoms with Crippen LogP contribution in [0.15, 0.2) is 30.3 Å². The van der Waals surface area contributed by atoms with E-state index in [0.29, 0.717) is 12.8 Å². The van der Waals surface area contributed by atoms with Gasteiger partial charge in [-0.15, -0.1) is 0 Å². The summed E-state index contributed by atoms with van der Waals surface area (Å²) in [6, 6.07) is 7.90. The van der Waals surface area contributed by atoms with Crippen molar-refractivity contribution in [2.75, 3.05) is 0 Å². The number of carboxylic acids is 2. The molecule has 0 spiro atoms. The SMILES string of the molecule is O=C(O)C1C(C(=O)O)C2CCC1N2C(=O)OCc1ccccc1. The van der Waals surface area contributed by atoms with E-state index in [1.54, 1.807) is 0 Å². The van der Waals surface area contributed by atoms with E-state index in [4.69, 9.17) is 4.74 Å². The molecule has 2 saturated heterocycles. The van der Waals surface area contributed by atoms with Crippen LogP contribution in [-0.4, -0.2) is 45.2 Å². The van der Waals surface area contributed by atoms with Crippen LogP contribution in [-0.2, 0) is 20.9 Å². The highest BCUT2D eigenvalue weighted by Gasteiger charge is 2.61. The second-order valence-electron chi connectivity index (χ2n) is 5.89. The van der Waals surface area contributed by atoms with Crippen molar-refractivity contribution < 1.29 is 29.3 Å². The van der Waals surface area contributed by atoms with Crippen molar-refractivity contribution in [1.82, 2.24) is 4.90 Å². The zero-order valence-electron chi connectivity index (χ0n) is 12.3. The summed E-state index contributed by atoms with van der Waals surface area (Å²) in [6.45, 7) is 0.0745. The highest BCUT2D eigenvalue weighted by Crippen LogP contribution is 2.46. The molecule has 0 aliphatic carbocycles. The second kappa shape index (κ2) is 5.91. The minimum Gasteiger partial charge on any atom is -0.481 e. The average Bonchev–Trinajstić information content (AvgIpc) is 3.09. The molecular weight excluding hydrogens is 302 g/mol. The molecule has 2 heterocycles. The Morgan fingerprint density at radius 2 is 1.52 bits per heavy atom. The highest BCUT2D eigenvalue weighted by atomic mass is 16.6. The Bertz CT molecular complexity index is 603. The van der Waals surface area contributed by atoms with Crippen molar-refractivity contribution in [3.63, 3.8) is 0 Å². The standard InChI is InChI=1S/C16H17NO6/c18-14(19)12-10-6-7-11(13(12)15(20)21)17(10)16(22)23-8-9-4-2-1-3-5-9/h1-5,10-13H,6-8H2,(H,18,19)(H,20,21). The van der Waals surface area contributed by atoms with E-state index in [-0.39, 0.29) is 6.61 Å². The lowest BCUT2D eigenvalue weighted by Crippen LogP contribution is -2.38. The lowest BCUT2D eigenvalue weighted by Gasteiger charge is -2.22. The van der Waals surface area contributed by atoms with Gasteiger partial charge in [0.25, 0.3) is 0 Å². The molecule has 2 aliphatic rings. The molecule has 0 saturated carbocycles. The van der Waals surface area contributed by atoms with Crippen LogP contribution < -0.4 is 0 Å². The van der Waals surface area contributed by atoms with Gasteiger partial charge in [-0.25, -0.2) is 4.79 Å². The largest absolute Gasteiger partial charge is 0.481 e. The van der Waals surface area contributed by atoms with Crippen LogP contribution in [0.4, 0.5) is 4.79 Å². The van der Waals surface area contributed by atoms with Gasteiger partial charge in [0.2, 0.25) is 0 Å². The maximum absolute atomic E-state index is 12.3. The number of ether oxygens (including phenoxy) is 1. The Hall–Kier alpha value is -2.57. The topological polar surface area (TPSA) is 104 Å². The lowest BCUT2D eigenvalue weighted by molar-refractivity contribution is -0.154. The molecule has 0 aromatic heterocycles. The molecule has 1 aromatic rings. The fourth-order valence-corrected chi connectivity index (χ4v) is 3.75. The number of rotatable bonds is 4. The average molecular weight is 319 g/mol. The highest BCUT2D eigenvalue weighted by molar-refractivity contribution is 5.85. The van der Waals surface area contributed by atoms with E-state index >= 15 is 0 Å². The van der Waals surface area contributed by atoms with Crippen molar-refractivity contribution in [3.8, 4) is 0 Å². The normalized spacial score (nSPS) is 28.6. The van der Waals surface area contributed by atoms with Gasteiger partial charge in [0.05, 0.1) is 11.8 Å². The van der Waals surface area contributed by atoms with Crippen LogP contribution in [0, 0.1) is 11.8 Å². The molecule has 3 rings (SSSR count). The summed E-state index contributed by atoms with van der Waals surface area (Å²) in [5.41, 5.74) is 0.817. The van der Waals surface area contributed by atoms with E-state index in [2.05, 4.69) is 0 Å². The van der Waals surface area contributed by atoms with Gasteiger partial charge in [0.15, 0.2) is 0 Å². The van der Waals surface area contributed by atoms with E-state index in [0.717, 1.165) is 5.56 Å². The molecule has 7 nitrogen and oxygen atoms in total. The predicted molar refractivity (Wildman–Crippen MR) is 77.5 cm³/mol. The van der Waals surface area contributed by atoms with Gasteiger partial charge in [0.1, 0.15) is 6.61 Å². The monoisotopic (exact) mass is 319 g/mol. The van der Waals surface area contributed by atoms with Crippen LogP contribution in [0.3, 0.4) is 0 Å². The number of fused-ring (bicyclic) bond motifs is 2. The minimum absolute atomic E-state index is 0.0745. The number of aliphatic carboxylic acids is 2. The fraction of sp³-hybridized carbons (Fsp3) is 0.438. The molecule has 2 N–H and O–H groups in total. The van der Waals surface area contributed by atoms with Crippen molar-refractivity contribution >= 4 is 18.0 Å². The number of carboxylic acid groups (broad SMARTS) is 2. The minimum atomic E-state index is -1.18. The van der Waals surface area contributed by atoms with Gasteiger partial charge in [0, 0.05) is 12.1 Å². The van der Waals surface area contributed by atoms with Crippen molar-refractivity contribution in [2.24, 2.45) is 11.8 Å². The molecule has 1 amide bonds. The molecule has 4 unspecified atom stereocenters. The van der Waals surface area contributed by atoms with Crippen molar-refractivity contribution in [2.45, 2.75) is 31.5 Å². The molecule has 7 heteroatoms. The van der Waals surface area contributed by atoms with Gasteiger partial charge in [-0.05, 0) is 18.4 Å². The summed E-state index contributed by atoms with van der Waals surface area (Å²) in [4.78, 5) is 36.5. The number of hydrogen-bond acceptors (Lipinski definition) is 4. The summed E-state index contributed by atoms with van der Waals surface area (Å²) in [5, 5.41) is 18.6. The summed E-state index contributed by atoms with van der Waals surface area (Å²) >= 11 is 0. The van der Waals surface area contributed by atoms with Crippen LogP contribution in [0.25, 0.3) is 0 Å². The number of hydrogen-bond donors (Lipinski definition) is 2. The van der Waals surface area contributed by atoms with Gasteiger partial charge < -0.3 is 19.8 Å². The predicted octanol–water partition coefficient (Wildman–Crippen LogP) is 1.57. The molecule has 2 aliphatic heterocycles. The van der Waals surface area contributed by atoms with Crippen LogP contribution in [0.2, 0.25) is 0 Å². The van der Waals surface area contributed by atoms with Gasteiger partial charge in [-0.2, -0.15) is 0 Å². The van der Waals surface area contributed by atoms with Gasteiger partial charge in [-0.3, -0.25) is 9.59 Å². The second-order valence-corrected chi connectivity index (χ2v) is 5.89. The van der Waals surface area contributed by atoms with E-state index in [9.17, 15) is 24.6 Å². The first-order chi connectivity index (χ1) is 11.0. The van der Waals surface area contributed by atoms with Crippen LogP contribution in [0.5, 0.6) is 0 Å². The molecular formula is C16H17NO6. The molecule has 4 atom stereocenters. The van der Waals surface area contributed by atoms with Crippen LogP contribution >= 0.6 is 0 Å². The Labute approximate surface area is 132 Å². The van der Waals surface area contributed by atoms with E-state index in [1.165, 1.54) is 4.90 Å². The number of nitrogens with zero attached hydrogens (tertiary/aromatic N) is 1. The molecule has 1 aromatic carbocycles. The number of benzene rings is 1. The molecule has 122 valence electrons. The molecule has 2 fully saturated rings. The maximum Gasteiger partial charge on any atom is 0.410 e. The van der Waals surface area contributed by atoms with Crippen molar-refractivity contribution in [1.29, 1.82) is 0 Å². The fourth-order valence-electron chi connectivity index (χ4n) is 3.75. The first-order valence-electron chi connectivity index (χ1n) is 7.45. The third-order valence-electron chi connectivity index (χ3n) is 4.68. The zero-order chi connectivity index (χ0) is 16.6. The summed E-state index contributed by atoms with van der Waals surface area (Å²) in [6.07, 6.45) is 0.342. The zero-order valence-corrected chi connectivity index (χ0v) is 12.3. The maximum atomic E-state index is 12.3. The molecule has 2 bridgehead atoms. The van der Waals surface area contributed by atoms with E-state index in [1.807, 2.05) is 30.3 Å². The Kier molecular flexibility index (Phi) is 3.94. The smallest absolute Gasteiger partial charge is 0.410 e. The first-order valence-corrected chi connectivity index (χ1v) is 7.45. The number of carbonyl (C=O) groups is 3. The van der Waals surface area contributed by atoms with E-state index < -0.39 is 42.0 Å². The lowest BCUT2D eigenvalue weighted by atomic mass is 9.79. The summed E-state index contributed by atoms with van der Waals surface area (Å²) in [7, 11) is 0. The molecule has 23 heavy (non-hydrogen) atoms. The molecule has 0 radical (unpaired) electrons. The Morgan fingerprint density at radius 3 is 2.00 bits per heavy atom. The number of amides is 1. The van der Waals surface area contributed by atoms with Crippen molar-refractivity contribution in [3.05, 3.63) is 35.9 Å². The first kappa shape index (κ1) is 15.3. The van der Waals surface area contributed by atoms with Gasteiger partial charge >= 0.3 is 18.0 Å². The Morgan fingerprint density at radius 1 is 1.00 bits per heavy atom. The third kappa shape index (κ3) is 2.62. The third-order valence-corrected chi connectivity index (χ3v) is 4.68.